The van der Waals surface area contributed by atoms with Crippen LogP contribution in [0, 0.1) is 12.8 Å². The van der Waals surface area contributed by atoms with Gasteiger partial charge >= 0.3 is 0 Å². The number of benzene rings is 2. The molecule has 2 aliphatic heterocycles. The number of carbonyl (C=O) groups excluding carboxylic acids is 2. The molecule has 4 aromatic rings. The molecule has 270 valence electrons. The lowest BCUT2D eigenvalue weighted by molar-refractivity contribution is 0.100. The maximum atomic E-state index is 13.7. The highest BCUT2D eigenvalue weighted by Gasteiger charge is 2.29. The topological polar surface area (TPSA) is 121 Å². The Kier molecular flexibility index (Phi) is 10.3. The number of amides is 2. The van der Waals surface area contributed by atoms with Gasteiger partial charge in [-0.25, -0.2) is 9.97 Å². The molecule has 0 radical (unpaired) electrons. The minimum atomic E-state index is -0.424. The van der Waals surface area contributed by atoms with Crippen LogP contribution in [-0.4, -0.2) is 78.1 Å². The molecular weight excluding hydrogens is 664 g/mol. The van der Waals surface area contributed by atoms with Crippen molar-refractivity contribution in [2.24, 2.45) is 20.0 Å². The fourth-order valence-electron chi connectivity index (χ4n) is 8.25. The van der Waals surface area contributed by atoms with Crippen LogP contribution in [0.2, 0.25) is 5.02 Å². The molecule has 11 nitrogen and oxygen atoms in total. The van der Waals surface area contributed by atoms with Crippen LogP contribution in [0.1, 0.15) is 88.6 Å². The molecule has 0 unspecified atom stereocenters. The SMILES string of the molecule is Cc1c(NC(=O)c2nc3c(n2C)CCN(C[C@@H](C)O)C3)cccc1-c1cccc(NC(=O)c2nc3c(n2C)CCN(CC2CCCCC2)C3)c1Cl. The standard InChI is InChI=1S/C39H49ClN8O3/c1-24(49)20-47-18-16-33-31(22-47)41-36(45(33)3)38(50)43-29-14-8-12-27(25(29)2)28-13-9-15-30(35(28)40)44-39(51)37-42-32-23-48(19-17-34(32)46(37)4)21-26-10-6-5-7-11-26/h8-9,12-15,24,26,49H,5-7,10-11,16-23H2,1-4H3,(H,43,50)(H,44,51)/t24-/m1/s1. The van der Waals surface area contributed by atoms with Gasteiger partial charge in [0.15, 0.2) is 11.6 Å². The van der Waals surface area contributed by atoms with Gasteiger partial charge in [0.2, 0.25) is 0 Å². The molecule has 12 heteroatoms. The van der Waals surface area contributed by atoms with E-state index in [2.05, 4.69) is 20.4 Å². The average molecular weight is 713 g/mol. The first-order valence-electron chi connectivity index (χ1n) is 18.3. The Morgan fingerprint density at radius 3 is 2.02 bits per heavy atom. The maximum absolute atomic E-state index is 13.7. The number of carbonyl (C=O) groups is 2. The van der Waals surface area contributed by atoms with Crippen molar-refractivity contribution in [1.82, 2.24) is 28.9 Å². The summed E-state index contributed by atoms with van der Waals surface area (Å²) >= 11 is 7.01. The number of anilines is 2. The fourth-order valence-corrected chi connectivity index (χ4v) is 8.52. The number of fused-ring (bicyclic) bond motifs is 2. The zero-order valence-electron chi connectivity index (χ0n) is 30.1. The summed E-state index contributed by atoms with van der Waals surface area (Å²) in [6.07, 6.45) is 7.88. The number of β-amino-alcohol motifs (C(OH)–C–C–N with tert-alkyl or cyclic N) is 1. The lowest BCUT2D eigenvalue weighted by Gasteiger charge is -2.32. The predicted octanol–water partition coefficient (Wildman–Crippen LogP) is 5.96. The van der Waals surface area contributed by atoms with E-state index in [9.17, 15) is 14.7 Å². The third-order valence-corrected chi connectivity index (χ3v) is 11.4. The molecule has 1 fully saturated rings. The molecule has 2 aromatic heterocycles. The van der Waals surface area contributed by atoms with E-state index in [0.29, 0.717) is 41.1 Å². The Morgan fingerprint density at radius 1 is 0.843 bits per heavy atom. The zero-order chi connectivity index (χ0) is 35.8. The second-order valence-corrected chi connectivity index (χ2v) is 15.0. The van der Waals surface area contributed by atoms with E-state index in [1.165, 1.54) is 32.1 Å². The predicted molar refractivity (Wildman–Crippen MR) is 200 cm³/mol. The van der Waals surface area contributed by atoms with Gasteiger partial charge in [-0.1, -0.05) is 55.1 Å². The Hall–Kier alpha value is -4.03. The first-order valence-corrected chi connectivity index (χ1v) is 18.7. The highest BCUT2D eigenvalue weighted by Crippen LogP contribution is 2.38. The second kappa shape index (κ2) is 14.9. The van der Waals surface area contributed by atoms with E-state index in [4.69, 9.17) is 21.6 Å². The number of aliphatic hydroxyl groups is 1. The summed E-state index contributed by atoms with van der Waals surface area (Å²) in [5.41, 5.74) is 7.59. The Balaban J connectivity index is 1.06. The van der Waals surface area contributed by atoms with Gasteiger partial charge in [0.05, 0.1) is 28.2 Å². The molecule has 1 aliphatic carbocycles. The number of nitrogens with zero attached hydrogens (tertiary/aromatic N) is 6. The summed E-state index contributed by atoms with van der Waals surface area (Å²) in [6, 6.07) is 11.3. The van der Waals surface area contributed by atoms with E-state index in [1.807, 2.05) is 60.5 Å². The van der Waals surface area contributed by atoms with Crippen molar-refractivity contribution in [3.63, 3.8) is 0 Å². The highest BCUT2D eigenvalue weighted by atomic mass is 35.5. The van der Waals surface area contributed by atoms with Gasteiger partial charge < -0.3 is 24.9 Å². The van der Waals surface area contributed by atoms with Gasteiger partial charge in [-0.05, 0) is 55.9 Å². The van der Waals surface area contributed by atoms with Gasteiger partial charge in [0.25, 0.3) is 11.8 Å². The molecule has 0 spiro atoms. The smallest absolute Gasteiger partial charge is 0.291 e. The average Bonchev–Trinajstić information content (AvgIpc) is 3.62. The van der Waals surface area contributed by atoms with Crippen LogP contribution in [-0.2, 0) is 40.0 Å². The summed E-state index contributed by atoms with van der Waals surface area (Å²) in [5.74, 6) is 0.903. The van der Waals surface area contributed by atoms with Crippen molar-refractivity contribution in [2.75, 3.05) is 36.8 Å². The van der Waals surface area contributed by atoms with Crippen molar-refractivity contribution in [3.8, 4) is 11.1 Å². The summed E-state index contributed by atoms with van der Waals surface area (Å²) in [6.45, 7) is 8.58. The lowest BCUT2D eigenvalue weighted by Crippen LogP contribution is -2.36. The third kappa shape index (κ3) is 7.35. The number of nitrogens with one attached hydrogen (secondary N) is 2. The molecule has 2 amide bonds. The first kappa shape index (κ1) is 35.4. The first-order chi connectivity index (χ1) is 24.6. The molecule has 2 aromatic carbocycles. The fraction of sp³-hybridized carbons (Fsp3) is 0.487. The number of imidazole rings is 2. The number of aromatic nitrogens is 4. The van der Waals surface area contributed by atoms with Crippen molar-refractivity contribution in [2.45, 2.75) is 78.0 Å². The lowest BCUT2D eigenvalue weighted by atomic mass is 9.88. The van der Waals surface area contributed by atoms with Crippen LogP contribution < -0.4 is 10.6 Å². The van der Waals surface area contributed by atoms with Crippen LogP contribution in [0.5, 0.6) is 0 Å². The number of halogens is 1. The van der Waals surface area contributed by atoms with E-state index >= 15 is 0 Å². The number of aliphatic hydroxyl groups excluding tert-OH is 1. The minimum absolute atomic E-state index is 0.295. The third-order valence-electron chi connectivity index (χ3n) is 11.0. The molecule has 3 aliphatic rings. The molecule has 0 saturated heterocycles. The van der Waals surface area contributed by atoms with Crippen molar-refractivity contribution >= 4 is 34.8 Å². The van der Waals surface area contributed by atoms with Gasteiger partial charge in [0.1, 0.15) is 0 Å². The van der Waals surface area contributed by atoms with Crippen LogP contribution >= 0.6 is 11.6 Å². The second-order valence-electron chi connectivity index (χ2n) is 14.7. The van der Waals surface area contributed by atoms with Crippen molar-refractivity contribution in [3.05, 3.63) is 81.4 Å². The Bertz CT molecular complexity index is 1940. The molecule has 1 saturated carbocycles. The van der Waals surface area contributed by atoms with Gasteiger partial charge in [-0.2, -0.15) is 0 Å². The monoisotopic (exact) mass is 712 g/mol. The zero-order valence-corrected chi connectivity index (χ0v) is 30.9. The van der Waals surface area contributed by atoms with E-state index in [-0.39, 0.29) is 11.8 Å². The van der Waals surface area contributed by atoms with Crippen LogP contribution in [0.15, 0.2) is 36.4 Å². The molecule has 3 N–H and O–H groups in total. The quantitative estimate of drug-likeness (QED) is 0.196. The molecule has 51 heavy (non-hydrogen) atoms. The van der Waals surface area contributed by atoms with Crippen molar-refractivity contribution in [1.29, 1.82) is 0 Å². The largest absolute Gasteiger partial charge is 0.392 e. The maximum Gasteiger partial charge on any atom is 0.291 e. The highest BCUT2D eigenvalue weighted by molar-refractivity contribution is 6.36. The van der Waals surface area contributed by atoms with Crippen LogP contribution in [0.3, 0.4) is 0 Å². The number of hydrogen-bond donors (Lipinski definition) is 3. The van der Waals surface area contributed by atoms with Gasteiger partial charge in [-0.15, -0.1) is 0 Å². The van der Waals surface area contributed by atoms with Crippen molar-refractivity contribution < 1.29 is 14.7 Å². The van der Waals surface area contributed by atoms with Gasteiger partial charge in [0, 0.05) is 88.8 Å². The summed E-state index contributed by atoms with van der Waals surface area (Å²) < 4.78 is 3.80. The minimum Gasteiger partial charge on any atom is -0.392 e. The number of hydrogen-bond acceptors (Lipinski definition) is 7. The molecule has 7 rings (SSSR count). The summed E-state index contributed by atoms with van der Waals surface area (Å²) in [7, 11) is 3.80. The molecule has 4 heterocycles. The van der Waals surface area contributed by atoms with E-state index in [0.717, 1.165) is 84.4 Å². The summed E-state index contributed by atoms with van der Waals surface area (Å²) in [5, 5.41) is 16.3. The Morgan fingerprint density at radius 2 is 1.39 bits per heavy atom. The van der Waals surface area contributed by atoms with Gasteiger partial charge in [-0.3, -0.25) is 19.4 Å². The number of rotatable bonds is 9. The molecule has 0 bridgehead atoms. The van der Waals surface area contributed by atoms with E-state index < -0.39 is 6.10 Å². The Labute approximate surface area is 305 Å². The molecule has 1 atom stereocenters. The van der Waals surface area contributed by atoms with Crippen LogP contribution in [0.25, 0.3) is 11.1 Å². The van der Waals surface area contributed by atoms with Crippen LogP contribution in [0.4, 0.5) is 11.4 Å². The summed E-state index contributed by atoms with van der Waals surface area (Å²) in [4.78, 5) is 41.4. The normalized spacial score (nSPS) is 17.5. The molecular formula is C39H49ClN8O3. The van der Waals surface area contributed by atoms with E-state index in [1.54, 1.807) is 13.0 Å².